The largest absolute Gasteiger partial charge is 0.394 e. The van der Waals surface area contributed by atoms with Crippen molar-refractivity contribution in [3.63, 3.8) is 0 Å². The van der Waals surface area contributed by atoms with Crippen LogP contribution < -0.4 is 11.3 Å². The predicted molar refractivity (Wildman–Crippen MR) is 145 cm³/mol. The van der Waals surface area contributed by atoms with E-state index in [1.165, 1.54) is 9.95 Å². The van der Waals surface area contributed by atoms with Crippen molar-refractivity contribution in [2.75, 3.05) is 12.3 Å². The molecule has 0 radical (unpaired) electrons. The third-order valence-electron chi connectivity index (χ3n) is 7.34. The lowest BCUT2D eigenvalue weighted by atomic mass is 9.92. The summed E-state index contributed by atoms with van der Waals surface area (Å²) >= 11 is 0. The van der Waals surface area contributed by atoms with Crippen molar-refractivity contribution in [1.82, 2.24) is 19.5 Å². The molecule has 4 atom stereocenters. The molecular formula is C28H23N5O5. The Kier molecular flexibility index (Phi) is 5.00. The number of nitrogens with zero attached hydrogens (tertiary/aromatic N) is 3. The van der Waals surface area contributed by atoms with Crippen LogP contribution in [-0.2, 0) is 4.74 Å². The number of aromatic amines is 1. The number of hydrogen-bond donors (Lipinski definition) is 5. The van der Waals surface area contributed by atoms with E-state index in [2.05, 4.69) is 57.4 Å². The summed E-state index contributed by atoms with van der Waals surface area (Å²) in [5.41, 5.74) is 6.28. The van der Waals surface area contributed by atoms with Gasteiger partial charge in [0.25, 0.3) is 5.56 Å². The summed E-state index contributed by atoms with van der Waals surface area (Å²) in [5, 5.41) is 37.5. The zero-order valence-corrected chi connectivity index (χ0v) is 19.9. The molecule has 2 aromatic heterocycles. The lowest BCUT2D eigenvalue weighted by molar-refractivity contribution is -0.0513. The molecular weight excluding hydrogens is 486 g/mol. The molecule has 7 rings (SSSR count). The highest BCUT2D eigenvalue weighted by atomic mass is 16.6. The number of hydrogen-bond acceptors (Lipinski definition) is 8. The van der Waals surface area contributed by atoms with Gasteiger partial charge in [-0.25, -0.2) is 4.98 Å². The molecule has 0 spiro atoms. The first-order valence-corrected chi connectivity index (χ1v) is 12.2. The molecule has 4 aromatic carbocycles. The van der Waals surface area contributed by atoms with E-state index in [1.807, 2.05) is 18.2 Å². The molecule has 0 aliphatic carbocycles. The summed E-state index contributed by atoms with van der Waals surface area (Å²) in [6, 6.07) is 18.8. The third-order valence-corrected chi connectivity index (χ3v) is 7.34. The summed E-state index contributed by atoms with van der Waals surface area (Å²) in [5.74, 6) is 0.141. The number of anilines is 1. The molecule has 0 amide bonds. The molecule has 38 heavy (non-hydrogen) atoms. The fraction of sp³-hybridized carbons (Fsp3) is 0.179. The molecule has 0 saturated carbocycles. The third kappa shape index (κ3) is 3.25. The number of imidazole rings is 1. The van der Waals surface area contributed by atoms with Gasteiger partial charge in [-0.2, -0.15) is 4.98 Å². The number of benzene rings is 4. The summed E-state index contributed by atoms with van der Waals surface area (Å²) in [6.45, 7) is -0.495. The Morgan fingerprint density at radius 3 is 2.39 bits per heavy atom. The van der Waals surface area contributed by atoms with Crippen LogP contribution >= 0.6 is 0 Å². The number of aromatic nitrogens is 4. The highest BCUT2D eigenvalue weighted by Crippen LogP contribution is 2.37. The minimum absolute atomic E-state index is 0.00645. The number of nitrogens with one attached hydrogen (secondary N) is 1. The van der Waals surface area contributed by atoms with Crippen LogP contribution in [0.5, 0.6) is 0 Å². The van der Waals surface area contributed by atoms with Gasteiger partial charge in [-0.1, -0.05) is 60.7 Å². The van der Waals surface area contributed by atoms with E-state index in [1.54, 1.807) is 6.08 Å². The van der Waals surface area contributed by atoms with Crippen LogP contribution in [0.25, 0.3) is 55.6 Å². The standard InChI is InChI=1S/C28H23N5O5/c29-28-31-25-22(26(37)32-28)30-19(33(25)27-24(36)23(35)18(12-34)38-27)11-9-13-4-5-16-7-6-14-2-1-3-15-8-10-17(13)21(16)20(14)15/h1-11,18,23-24,27,34-36H,12H2,(H3,29,31,32,37)/t18-,23-,24-,27-/m1/s1. The minimum Gasteiger partial charge on any atom is -0.394 e. The maximum absolute atomic E-state index is 12.6. The van der Waals surface area contributed by atoms with E-state index in [4.69, 9.17) is 10.5 Å². The molecule has 1 aliphatic rings. The summed E-state index contributed by atoms with van der Waals surface area (Å²) in [4.78, 5) is 23.7. The highest BCUT2D eigenvalue weighted by molar-refractivity contribution is 6.24. The van der Waals surface area contributed by atoms with Crippen molar-refractivity contribution >= 4 is 61.6 Å². The van der Waals surface area contributed by atoms with Crippen LogP contribution in [0, 0.1) is 0 Å². The predicted octanol–water partition coefficient (Wildman–Crippen LogP) is 2.38. The average molecular weight is 510 g/mol. The Morgan fingerprint density at radius 2 is 1.66 bits per heavy atom. The van der Waals surface area contributed by atoms with Gasteiger partial charge in [-0.05, 0) is 44.0 Å². The fourth-order valence-electron chi connectivity index (χ4n) is 5.55. The van der Waals surface area contributed by atoms with E-state index >= 15 is 0 Å². The molecule has 3 heterocycles. The Hall–Kier alpha value is -4.35. The number of nitrogen functional groups attached to an aromatic ring is 1. The van der Waals surface area contributed by atoms with Crippen molar-refractivity contribution in [3.8, 4) is 0 Å². The van der Waals surface area contributed by atoms with Gasteiger partial charge in [0.1, 0.15) is 24.1 Å². The normalized spacial score (nSPS) is 22.2. The second-order valence-corrected chi connectivity index (χ2v) is 9.54. The first kappa shape index (κ1) is 22.8. The van der Waals surface area contributed by atoms with Crippen LogP contribution in [0.15, 0.2) is 59.4 Å². The van der Waals surface area contributed by atoms with Crippen LogP contribution in [0.4, 0.5) is 5.95 Å². The van der Waals surface area contributed by atoms with Gasteiger partial charge < -0.3 is 25.8 Å². The first-order valence-electron chi connectivity index (χ1n) is 12.2. The Labute approximate surface area is 214 Å². The van der Waals surface area contributed by atoms with E-state index < -0.39 is 36.7 Å². The van der Waals surface area contributed by atoms with Crippen LogP contribution in [0.3, 0.4) is 0 Å². The Balaban J connectivity index is 1.42. The Bertz CT molecular complexity index is 1930. The van der Waals surface area contributed by atoms with Gasteiger partial charge in [-0.15, -0.1) is 0 Å². The minimum atomic E-state index is -1.39. The maximum atomic E-state index is 12.6. The molecule has 6 aromatic rings. The van der Waals surface area contributed by atoms with Crippen molar-refractivity contribution in [3.05, 3.63) is 76.3 Å². The average Bonchev–Trinajstić information content (AvgIpc) is 3.42. The molecule has 0 bridgehead atoms. The van der Waals surface area contributed by atoms with E-state index in [9.17, 15) is 20.1 Å². The van der Waals surface area contributed by atoms with Crippen molar-refractivity contribution in [1.29, 1.82) is 0 Å². The van der Waals surface area contributed by atoms with E-state index in [0.29, 0.717) is 0 Å². The zero-order chi connectivity index (χ0) is 26.1. The molecule has 1 fully saturated rings. The first-order chi connectivity index (χ1) is 18.4. The Morgan fingerprint density at radius 1 is 0.947 bits per heavy atom. The molecule has 1 saturated heterocycles. The second-order valence-electron chi connectivity index (χ2n) is 9.54. The number of nitrogens with two attached hydrogens (primary N) is 1. The van der Waals surface area contributed by atoms with Crippen molar-refractivity contribution in [2.24, 2.45) is 0 Å². The number of aliphatic hydroxyl groups is 3. The molecule has 10 heteroatoms. The van der Waals surface area contributed by atoms with Gasteiger partial charge in [0.05, 0.1) is 6.61 Å². The van der Waals surface area contributed by atoms with Gasteiger partial charge in [0.2, 0.25) is 5.95 Å². The lowest BCUT2D eigenvalue weighted by Crippen LogP contribution is -2.33. The second kappa shape index (κ2) is 8.33. The number of fused-ring (bicyclic) bond motifs is 1. The molecule has 1 aliphatic heterocycles. The summed E-state index contributed by atoms with van der Waals surface area (Å²) in [6.07, 6.45) is -1.31. The van der Waals surface area contributed by atoms with Crippen LogP contribution in [-0.4, -0.2) is 59.8 Å². The zero-order valence-electron chi connectivity index (χ0n) is 19.9. The van der Waals surface area contributed by atoms with Gasteiger partial charge in [0, 0.05) is 0 Å². The van der Waals surface area contributed by atoms with Crippen LogP contribution in [0.1, 0.15) is 17.6 Å². The monoisotopic (exact) mass is 509 g/mol. The van der Waals surface area contributed by atoms with Gasteiger partial charge in [0.15, 0.2) is 17.4 Å². The SMILES string of the molecule is Nc1nc2c(nc(C=Cc3ccc4ccc5cccc6ccc3c4c56)n2[C@@H]2O[C@H](CO)[C@@H](O)[C@H]2O)c(=O)[nH]1. The number of ether oxygens (including phenoxy) is 1. The topological polar surface area (TPSA) is 160 Å². The maximum Gasteiger partial charge on any atom is 0.280 e. The number of H-pyrrole nitrogens is 1. The smallest absolute Gasteiger partial charge is 0.280 e. The highest BCUT2D eigenvalue weighted by Gasteiger charge is 2.44. The lowest BCUT2D eigenvalue weighted by Gasteiger charge is -2.18. The quantitative estimate of drug-likeness (QED) is 0.227. The number of aliphatic hydroxyl groups excluding tert-OH is 3. The van der Waals surface area contributed by atoms with E-state index in [0.717, 1.165) is 32.5 Å². The van der Waals surface area contributed by atoms with Gasteiger partial charge in [-0.3, -0.25) is 14.3 Å². The summed E-state index contributed by atoms with van der Waals surface area (Å²) in [7, 11) is 0. The van der Waals surface area contributed by atoms with Crippen LogP contribution in [0.2, 0.25) is 0 Å². The molecule has 10 nitrogen and oxygen atoms in total. The molecule has 6 N–H and O–H groups in total. The van der Waals surface area contributed by atoms with Crippen molar-refractivity contribution in [2.45, 2.75) is 24.5 Å². The van der Waals surface area contributed by atoms with Crippen molar-refractivity contribution < 1.29 is 20.1 Å². The fourth-order valence-corrected chi connectivity index (χ4v) is 5.55. The van der Waals surface area contributed by atoms with E-state index in [-0.39, 0.29) is 22.9 Å². The van der Waals surface area contributed by atoms with Gasteiger partial charge >= 0.3 is 0 Å². The number of rotatable bonds is 4. The molecule has 190 valence electrons. The molecule has 0 unspecified atom stereocenters. The summed E-state index contributed by atoms with van der Waals surface area (Å²) < 4.78 is 7.18.